The highest BCUT2D eigenvalue weighted by Crippen LogP contribution is 2.64. The van der Waals surface area contributed by atoms with Gasteiger partial charge >= 0.3 is 0 Å². The molecule has 4 aliphatic rings. The number of hydrogen-bond acceptors (Lipinski definition) is 7. The molecule has 1 aromatic heterocycles. The van der Waals surface area contributed by atoms with Crippen LogP contribution in [0.4, 0.5) is 5.69 Å². The number of benzene rings is 3. The summed E-state index contributed by atoms with van der Waals surface area (Å²) in [5.74, 6) is -3.87. The monoisotopic (exact) mass is 641 g/mol. The van der Waals surface area contributed by atoms with E-state index in [4.69, 9.17) is 4.42 Å². The van der Waals surface area contributed by atoms with Crippen LogP contribution in [0.25, 0.3) is 0 Å². The first kappa shape index (κ1) is 30.1. The van der Waals surface area contributed by atoms with Crippen LogP contribution in [0.3, 0.4) is 0 Å². The minimum Gasteiger partial charge on any atom is -0.463 e. The van der Waals surface area contributed by atoms with Crippen molar-refractivity contribution in [2.45, 2.75) is 44.2 Å². The molecule has 4 amide bonds. The van der Waals surface area contributed by atoms with Gasteiger partial charge in [0, 0.05) is 0 Å². The molecule has 2 aliphatic carbocycles. The van der Waals surface area contributed by atoms with Crippen LogP contribution < -0.4 is 5.43 Å². The lowest BCUT2D eigenvalue weighted by atomic mass is 9.50. The molecule has 0 bridgehead atoms. The lowest BCUT2D eigenvalue weighted by molar-refractivity contribution is -0.142. The van der Waals surface area contributed by atoms with Crippen molar-refractivity contribution in [2.75, 3.05) is 5.43 Å². The molecule has 242 valence electrons. The highest BCUT2D eigenvalue weighted by atomic mass is 16.4. The Labute approximate surface area is 277 Å². The second-order valence-corrected chi connectivity index (χ2v) is 13.3. The van der Waals surface area contributed by atoms with Crippen molar-refractivity contribution >= 4 is 29.3 Å². The molecular formula is C39H35N3O6. The quantitative estimate of drug-likeness (QED) is 0.209. The molecule has 2 N–H and O–H groups in total. The zero-order chi connectivity index (χ0) is 33.2. The molecule has 9 heteroatoms. The Balaban J connectivity index is 1.28. The first-order valence-electron chi connectivity index (χ1n) is 16.4. The molecule has 0 spiro atoms. The summed E-state index contributed by atoms with van der Waals surface area (Å²) < 4.78 is 6.23. The molecule has 4 aromatic rings. The normalized spacial score (nSPS) is 27.9. The average molecular weight is 642 g/mol. The number of nitrogens with one attached hydrogen (secondary N) is 1. The number of aryl methyl sites for hydroxylation is 1. The molecule has 48 heavy (non-hydrogen) atoms. The largest absolute Gasteiger partial charge is 0.463 e. The lowest BCUT2D eigenvalue weighted by Crippen LogP contribution is -2.53. The molecule has 2 saturated heterocycles. The van der Waals surface area contributed by atoms with Gasteiger partial charge in [-0.2, -0.15) is 5.01 Å². The molecule has 8 rings (SSSR count). The summed E-state index contributed by atoms with van der Waals surface area (Å²) >= 11 is 0. The number of furan rings is 1. The van der Waals surface area contributed by atoms with Gasteiger partial charge in [-0.1, -0.05) is 90.0 Å². The van der Waals surface area contributed by atoms with Crippen molar-refractivity contribution in [3.8, 4) is 0 Å². The van der Waals surface area contributed by atoms with Gasteiger partial charge in [0.15, 0.2) is 0 Å². The number of hydrazine groups is 1. The highest BCUT2D eigenvalue weighted by Gasteiger charge is 2.71. The minimum atomic E-state index is -1.41. The molecule has 2 aliphatic heterocycles. The molecule has 3 fully saturated rings. The first-order valence-corrected chi connectivity index (χ1v) is 16.4. The van der Waals surface area contributed by atoms with Crippen LogP contribution in [0.2, 0.25) is 0 Å². The van der Waals surface area contributed by atoms with E-state index < -0.39 is 46.8 Å². The number of carbonyl (C=O) groups is 4. The van der Waals surface area contributed by atoms with Crippen LogP contribution in [-0.4, -0.2) is 38.6 Å². The number of rotatable bonds is 7. The topological polar surface area (TPSA) is 120 Å². The van der Waals surface area contributed by atoms with E-state index >= 15 is 4.79 Å². The van der Waals surface area contributed by atoms with Gasteiger partial charge in [0.1, 0.15) is 23.5 Å². The van der Waals surface area contributed by atoms with Crippen molar-refractivity contribution in [1.29, 1.82) is 0 Å². The van der Waals surface area contributed by atoms with Gasteiger partial charge in [0.2, 0.25) is 11.8 Å². The predicted octanol–water partition coefficient (Wildman–Crippen LogP) is 5.27. The number of likely N-dealkylation sites (tertiary alicyclic amines) is 1. The maximum atomic E-state index is 15.1. The number of carbonyl (C=O) groups excluding carboxylic acids is 4. The third-order valence-corrected chi connectivity index (χ3v) is 10.8. The zero-order valence-corrected chi connectivity index (χ0v) is 26.4. The fraction of sp³-hybridized carbons (Fsp3) is 0.282. The Kier molecular flexibility index (Phi) is 7.18. The Morgan fingerprint density at radius 3 is 2.23 bits per heavy atom. The molecule has 3 heterocycles. The van der Waals surface area contributed by atoms with E-state index in [1.165, 1.54) is 4.90 Å². The number of fused-ring (bicyclic) bond motifs is 4. The van der Waals surface area contributed by atoms with Crippen molar-refractivity contribution in [3.63, 3.8) is 0 Å². The smallest absolute Gasteiger partial charge is 0.260 e. The summed E-state index contributed by atoms with van der Waals surface area (Å²) in [5, 5.41) is 11.1. The van der Waals surface area contributed by atoms with Crippen molar-refractivity contribution < 1.29 is 28.7 Å². The summed E-state index contributed by atoms with van der Waals surface area (Å²) in [6, 6.07) is 29.6. The summed E-state index contributed by atoms with van der Waals surface area (Å²) in [6.45, 7) is 1.80. The van der Waals surface area contributed by atoms with Crippen molar-refractivity contribution in [3.05, 3.63) is 137 Å². The van der Waals surface area contributed by atoms with E-state index in [0.717, 1.165) is 21.7 Å². The Morgan fingerprint density at radius 1 is 0.833 bits per heavy atom. The van der Waals surface area contributed by atoms with Crippen LogP contribution in [0.5, 0.6) is 0 Å². The van der Waals surface area contributed by atoms with E-state index in [9.17, 15) is 19.5 Å². The first-order chi connectivity index (χ1) is 23.3. The second-order valence-electron chi connectivity index (χ2n) is 13.3. The molecular weight excluding hydrogens is 606 g/mol. The number of anilines is 1. The molecule has 6 atom stereocenters. The minimum absolute atomic E-state index is 0.179. The van der Waals surface area contributed by atoms with Crippen LogP contribution in [-0.2, 0) is 37.7 Å². The maximum Gasteiger partial charge on any atom is 0.260 e. The maximum absolute atomic E-state index is 15.1. The Hall–Kier alpha value is -5.28. The number of hydrogen-bond donors (Lipinski definition) is 2. The molecule has 3 aromatic carbocycles. The second kappa shape index (κ2) is 11.5. The third kappa shape index (κ3) is 4.41. The lowest BCUT2D eigenvalue weighted by Gasteiger charge is -2.49. The van der Waals surface area contributed by atoms with E-state index in [2.05, 4.69) is 5.43 Å². The summed E-state index contributed by atoms with van der Waals surface area (Å²) in [4.78, 5) is 59.2. The van der Waals surface area contributed by atoms with Gasteiger partial charge in [0.05, 0.1) is 35.9 Å². The zero-order valence-electron chi connectivity index (χ0n) is 26.4. The van der Waals surface area contributed by atoms with Crippen LogP contribution >= 0.6 is 0 Å². The van der Waals surface area contributed by atoms with Crippen molar-refractivity contribution in [2.24, 2.45) is 23.7 Å². The molecule has 0 unspecified atom stereocenters. The third-order valence-electron chi connectivity index (χ3n) is 10.8. The van der Waals surface area contributed by atoms with Crippen LogP contribution in [0, 0.1) is 30.6 Å². The summed E-state index contributed by atoms with van der Waals surface area (Å²) in [6.07, 6.45) is 2.55. The number of nitrogens with zero attached hydrogens (tertiary/aromatic N) is 2. The summed E-state index contributed by atoms with van der Waals surface area (Å²) in [7, 11) is 0. The fourth-order valence-corrected chi connectivity index (χ4v) is 8.68. The molecule has 0 radical (unpaired) electrons. The number of amides is 4. The standard InChI is InChI=1S/C39H35N3O6/c1-23-12-14-26(15-13-23)40-42-36(45)31-20-30-28(17-18-29-33(30)37(46)41(35(29)44)21-24-8-4-2-5-9-24)34(32-19-16-27(22-43)48-32)39(31,38(42)47)25-10-6-3-7-11-25/h2-17,19,29-31,33-34,40,43H,18,20-22H2,1H3/t29-,30+,31-,33-,34+,39+/m0/s1. The Morgan fingerprint density at radius 2 is 1.54 bits per heavy atom. The average Bonchev–Trinajstić information content (AvgIpc) is 3.75. The SMILES string of the molecule is Cc1ccc(NN2C(=O)[C@@H]3C[C@@H]4C(=CC[C@@H]5C(=O)N(Cc6ccccc6)C(=O)[C@@H]54)[C@H](c4ccc(CO)o4)[C@]3(c3ccccc3)C2=O)cc1. The van der Waals surface area contributed by atoms with Gasteiger partial charge < -0.3 is 9.52 Å². The number of imide groups is 2. The van der Waals surface area contributed by atoms with E-state index in [0.29, 0.717) is 29.2 Å². The van der Waals surface area contributed by atoms with Gasteiger partial charge in [0.25, 0.3) is 11.8 Å². The number of aliphatic hydroxyl groups excluding tert-OH is 1. The summed E-state index contributed by atoms with van der Waals surface area (Å²) in [5.41, 5.74) is 5.65. The highest BCUT2D eigenvalue weighted by molar-refractivity contribution is 6.13. The van der Waals surface area contributed by atoms with E-state index in [-0.39, 0.29) is 31.4 Å². The van der Waals surface area contributed by atoms with Gasteiger partial charge in [-0.05, 0) is 61.1 Å². The predicted molar refractivity (Wildman–Crippen MR) is 175 cm³/mol. The van der Waals surface area contributed by atoms with Crippen LogP contribution in [0.1, 0.15) is 47.0 Å². The van der Waals surface area contributed by atoms with E-state index in [1.54, 1.807) is 12.1 Å². The fourth-order valence-electron chi connectivity index (χ4n) is 8.68. The number of allylic oxidation sites excluding steroid dienone is 2. The van der Waals surface area contributed by atoms with Gasteiger partial charge in [-0.3, -0.25) is 29.5 Å². The van der Waals surface area contributed by atoms with Crippen LogP contribution in [0.15, 0.2) is 113 Å². The number of aliphatic hydroxyl groups is 1. The Bertz CT molecular complexity index is 1950. The van der Waals surface area contributed by atoms with Crippen molar-refractivity contribution in [1.82, 2.24) is 9.91 Å². The van der Waals surface area contributed by atoms with E-state index in [1.807, 2.05) is 97.9 Å². The molecule has 9 nitrogen and oxygen atoms in total. The molecule has 1 saturated carbocycles. The van der Waals surface area contributed by atoms with Gasteiger partial charge in [-0.15, -0.1) is 0 Å². The van der Waals surface area contributed by atoms with Gasteiger partial charge in [-0.25, -0.2) is 0 Å².